The van der Waals surface area contributed by atoms with E-state index in [4.69, 9.17) is 9.47 Å². The van der Waals surface area contributed by atoms with Crippen LogP contribution in [0.4, 0.5) is 11.5 Å². The summed E-state index contributed by atoms with van der Waals surface area (Å²) in [5.74, 6) is -0.240. The molecule has 0 aliphatic carbocycles. The summed E-state index contributed by atoms with van der Waals surface area (Å²) in [6.07, 6.45) is 5.21. The highest BCUT2D eigenvalue weighted by molar-refractivity contribution is 6.23. The standard InChI is InChI=1S/C43H54N10O6/c1-4-5-6-19-59-31-8-10-35-34(23-31)40(48-47-35)36-24-38(45-27-44-36)51-25-28(2)52(29(3)26-51)18-21-58-20-17-49-13-15-50(16-14-49)30-7-9-32-33(22-30)43(57)53(42(32)56)37-11-12-39(54)46-41(37)55/h7-10,22-24,27-29,37H,4-6,11-21,25-26H2,1-3H3,(H,47,48)(H,46,54,55)/t28-,29+,37?. The summed E-state index contributed by atoms with van der Waals surface area (Å²) in [4.78, 5) is 70.2. The number of anilines is 2. The molecule has 16 heteroatoms. The van der Waals surface area contributed by atoms with Gasteiger partial charge in [0.05, 0.1) is 42.2 Å². The predicted octanol–water partition coefficient (Wildman–Crippen LogP) is 3.73. The fourth-order valence-corrected chi connectivity index (χ4v) is 8.81. The Bertz CT molecular complexity index is 2170. The van der Waals surface area contributed by atoms with Gasteiger partial charge in [-0.25, -0.2) is 9.97 Å². The zero-order chi connectivity index (χ0) is 41.0. The summed E-state index contributed by atoms with van der Waals surface area (Å²) in [6, 6.07) is 13.0. The molecule has 2 aromatic carbocycles. The van der Waals surface area contributed by atoms with E-state index in [0.717, 1.165) is 116 Å². The van der Waals surface area contributed by atoms with Crippen LogP contribution in [-0.4, -0.2) is 149 Å². The van der Waals surface area contributed by atoms with Gasteiger partial charge in [-0.2, -0.15) is 5.10 Å². The van der Waals surface area contributed by atoms with Crippen LogP contribution in [-0.2, 0) is 14.3 Å². The van der Waals surface area contributed by atoms with Crippen LogP contribution in [0, 0.1) is 0 Å². The summed E-state index contributed by atoms with van der Waals surface area (Å²) in [6.45, 7) is 15.3. The largest absolute Gasteiger partial charge is 0.494 e. The number of unbranched alkanes of at least 4 members (excludes halogenated alkanes) is 2. The number of rotatable bonds is 15. The molecule has 1 unspecified atom stereocenters. The van der Waals surface area contributed by atoms with Crippen molar-refractivity contribution >= 4 is 46.0 Å². The second kappa shape index (κ2) is 17.8. The van der Waals surface area contributed by atoms with Gasteiger partial charge in [-0.05, 0) is 63.1 Å². The Kier molecular flexibility index (Phi) is 12.2. The maximum Gasteiger partial charge on any atom is 0.262 e. The Balaban J connectivity index is 0.774. The number of carbonyl (C=O) groups is 4. The second-order valence-electron chi connectivity index (χ2n) is 16.1. The number of nitrogens with zero attached hydrogens (tertiary/aromatic N) is 8. The number of benzene rings is 2. The molecule has 0 radical (unpaired) electrons. The maximum absolute atomic E-state index is 13.3. The van der Waals surface area contributed by atoms with Crippen LogP contribution in [0.2, 0.25) is 0 Å². The number of nitrogens with one attached hydrogen (secondary N) is 2. The van der Waals surface area contributed by atoms with Gasteiger partial charge in [0, 0.05) is 88.0 Å². The molecule has 4 aromatic rings. The molecule has 0 saturated carbocycles. The Morgan fingerprint density at radius 2 is 1.59 bits per heavy atom. The minimum absolute atomic E-state index is 0.0942. The van der Waals surface area contributed by atoms with Gasteiger partial charge in [-0.15, -0.1) is 0 Å². The number of aromatic amines is 1. The molecule has 3 atom stereocenters. The normalized spacial score (nSPS) is 21.7. The van der Waals surface area contributed by atoms with Crippen LogP contribution in [0.15, 0.2) is 48.8 Å². The highest BCUT2D eigenvalue weighted by atomic mass is 16.5. The van der Waals surface area contributed by atoms with Crippen molar-refractivity contribution in [3.05, 3.63) is 59.9 Å². The number of hydrogen-bond acceptors (Lipinski definition) is 13. The number of amides is 4. The lowest BCUT2D eigenvalue weighted by atomic mass is 10.0. The molecule has 4 amide bonds. The van der Waals surface area contributed by atoms with Gasteiger partial charge >= 0.3 is 0 Å². The molecule has 59 heavy (non-hydrogen) atoms. The fraction of sp³-hybridized carbons (Fsp3) is 0.512. The molecule has 6 heterocycles. The Labute approximate surface area is 344 Å². The SMILES string of the molecule is CCCCCOc1ccc2[nH]nc(-c3cc(N4C[C@@H](C)N(CCOCCN5CCN(c6ccc7c(c6)C(=O)N(C6CCC(=O)NC6=O)C7=O)CC5)[C@@H](C)C4)ncn3)c2c1. The molecule has 16 nitrogen and oxygen atoms in total. The van der Waals surface area contributed by atoms with Crippen LogP contribution in [0.3, 0.4) is 0 Å². The van der Waals surface area contributed by atoms with E-state index in [9.17, 15) is 19.2 Å². The molecule has 3 fully saturated rings. The van der Waals surface area contributed by atoms with Gasteiger partial charge in [0.2, 0.25) is 11.8 Å². The van der Waals surface area contributed by atoms with E-state index < -0.39 is 23.8 Å². The summed E-state index contributed by atoms with van der Waals surface area (Å²) >= 11 is 0. The number of piperidine rings is 1. The van der Waals surface area contributed by atoms with E-state index in [1.807, 2.05) is 30.3 Å². The quantitative estimate of drug-likeness (QED) is 0.132. The Morgan fingerprint density at radius 3 is 2.37 bits per heavy atom. The van der Waals surface area contributed by atoms with Crippen molar-refractivity contribution in [1.29, 1.82) is 0 Å². The number of carbonyl (C=O) groups excluding carboxylic acids is 4. The first kappa shape index (κ1) is 40.3. The Hall–Kier alpha value is -5.45. The third kappa shape index (κ3) is 8.66. The molecule has 8 rings (SSSR count). The van der Waals surface area contributed by atoms with Gasteiger partial charge < -0.3 is 19.3 Å². The molecule has 4 aliphatic heterocycles. The van der Waals surface area contributed by atoms with Crippen LogP contribution < -0.4 is 19.9 Å². The van der Waals surface area contributed by atoms with Crippen LogP contribution in [0.25, 0.3) is 22.3 Å². The van der Waals surface area contributed by atoms with Crippen molar-refractivity contribution in [2.24, 2.45) is 0 Å². The highest BCUT2D eigenvalue weighted by Gasteiger charge is 2.45. The maximum atomic E-state index is 13.3. The molecule has 4 aliphatic rings. The highest BCUT2D eigenvalue weighted by Crippen LogP contribution is 2.32. The lowest BCUT2D eigenvalue weighted by Gasteiger charge is -2.45. The zero-order valence-electron chi connectivity index (χ0n) is 34.2. The first-order valence-corrected chi connectivity index (χ1v) is 21.0. The van der Waals surface area contributed by atoms with E-state index >= 15 is 0 Å². The van der Waals surface area contributed by atoms with Gasteiger partial charge in [0.25, 0.3) is 11.8 Å². The summed E-state index contributed by atoms with van der Waals surface area (Å²) in [7, 11) is 0. The first-order chi connectivity index (χ1) is 28.7. The number of fused-ring (bicyclic) bond motifs is 2. The van der Waals surface area contributed by atoms with E-state index in [2.05, 4.69) is 65.9 Å². The third-order valence-electron chi connectivity index (χ3n) is 12.1. The van der Waals surface area contributed by atoms with Crippen molar-refractivity contribution in [2.45, 2.75) is 71.0 Å². The van der Waals surface area contributed by atoms with Crippen molar-refractivity contribution in [3.8, 4) is 17.1 Å². The van der Waals surface area contributed by atoms with Crippen molar-refractivity contribution < 1.29 is 28.7 Å². The second-order valence-corrected chi connectivity index (χ2v) is 16.1. The smallest absolute Gasteiger partial charge is 0.262 e. The lowest BCUT2D eigenvalue weighted by Crippen LogP contribution is -2.57. The van der Waals surface area contributed by atoms with Crippen LogP contribution in [0.1, 0.15) is 73.6 Å². The minimum atomic E-state index is -0.971. The molecular weight excluding hydrogens is 753 g/mol. The van der Waals surface area contributed by atoms with E-state index in [-0.39, 0.29) is 18.7 Å². The molecule has 0 spiro atoms. The number of hydrogen-bond donors (Lipinski definition) is 2. The summed E-state index contributed by atoms with van der Waals surface area (Å²) in [5.41, 5.74) is 3.98. The molecule has 2 aromatic heterocycles. The average Bonchev–Trinajstić information content (AvgIpc) is 3.77. The Morgan fingerprint density at radius 1 is 0.814 bits per heavy atom. The van der Waals surface area contributed by atoms with E-state index in [1.165, 1.54) is 0 Å². The number of piperazine rings is 2. The fourth-order valence-electron chi connectivity index (χ4n) is 8.81. The van der Waals surface area contributed by atoms with Crippen LogP contribution >= 0.6 is 0 Å². The van der Waals surface area contributed by atoms with Gasteiger partial charge in [0.1, 0.15) is 29.6 Å². The molecule has 0 bridgehead atoms. The lowest BCUT2D eigenvalue weighted by molar-refractivity contribution is -0.136. The third-order valence-corrected chi connectivity index (χ3v) is 12.1. The van der Waals surface area contributed by atoms with Crippen LogP contribution in [0.5, 0.6) is 5.75 Å². The molecule has 3 saturated heterocycles. The molecular formula is C43H54N10O6. The van der Waals surface area contributed by atoms with Crippen molar-refractivity contribution in [1.82, 2.24) is 40.2 Å². The summed E-state index contributed by atoms with van der Waals surface area (Å²) in [5, 5.41) is 11.0. The first-order valence-electron chi connectivity index (χ1n) is 21.0. The van der Waals surface area contributed by atoms with Gasteiger partial charge in [-0.3, -0.25) is 44.3 Å². The molecule has 312 valence electrons. The van der Waals surface area contributed by atoms with E-state index in [0.29, 0.717) is 43.0 Å². The van der Waals surface area contributed by atoms with Crippen molar-refractivity contribution in [2.75, 3.05) is 82.0 Å². The van der Waals surface area contributed by atoms with Gasteiger partial charge in [0.15, 0.2) is 0 Å². The number of imide groups is 2. The monoisotopic (exact) mass is 806 g/mol. The number of ether oxygens (including phenoxy) is 2. The summed E-state index contributed by atoms with van der Waals surface area (Å²) < 4.78 is 12.2. The average molecular weight is 807 g/mol. The molecule has 2 N–H and O–H groups in total. The topological polar surface area (TPSA) is 169 Å². The minimum Gasteiger partial charge on any atom is -0.494 e. The van der Waals surface area contributed by atoms with E-state index in [1.54, 1.807) is 18.5 Å². The number of aromatic nitrogens is 4. The number of H-pyrrole nitrogens is 1. The van der Waals surface area contributed by atoms with Gasteiger partial charge in [-0.1, -0.05) is 19.8 Å². The predicted molar refractivity (Wildman–Crippen MR) is 223 cm³/mol. The van der Waals surface area contributed by atoms with Crippen molar-refractivity contribution in [3.63, 3.8) is 0 Å². The zero-order valence-corrected chi connectivity index (χ0v) is 34.2.